The van der Waals surface area contributed by atoms with Crippen LogP contribution >= 0.6 is 0 Å². The van der Waals surface area contributed by atoms with Crippen LogP contribution in [0.5, 0.6) is 0 Å². The van der Waals surface area contributed by atoms with Gasteiger partial charge in [0.25, 0.3) is 0 Å². The maximum Gasteiger partial charge on any atom is 0.326 e. The fourth-order valence-electron chi connectivity index (χ4n) is 1.93. The van der Waals surface area contributed by atoms with Gasteiger partial charge in [-0.25, -0.2) is 4.79 Å². The highest BCUT2D eigenvalue weighted by atomic mass is 16.4. The number of carboxylic acids is 1. The molecule has 1 amide bonds. The molecule has 1 fully saturated rings. The van der Waals surface area contributed by atoms with Crippen LogP contribution in [0.3, 0.4) is 0 Å². The van der Waals surface area contributed by atoms with Crippen molar-refractivity contribution in [2.24, 2.45) is 0 Å². The molecule has 1 aromatic carbocycles. The predicted octanol–water partition coefficient (Wildman–Crippen LogP) is 1.31. The molecule has 0 aromatic heterocycles. The highest BCUT2D eigenvalue weighted by Gasteiger charge is 2.24. The number of hydrogen-bond acceptors (Lipinski definition) is 2. The van der Waals surface area contributed by atoms with Gasteiger partial charge in [0.15, 0.2) is 0 Å². The second-order valence-corrected chi connectivity index (χ2v) is 4.40. The zero-order chi connectivity index (χ0) is 12.3. The summed E-state index contributed by atoms with van der Waals surface area (Å²) >= 11 is 0. The number of aliphatic carboxylic acids is 1. The molecular weight excluding hydrogens is 218 g/mol. The molecule has 4 heteroatoms. The Balaban J connectivity index is 2.07. The molecule has 2 rings (SSSR count). The van der Waals surface area contributed by atoms with E-state index in [1.54, 1.807) is 0 Å². The van der Waals surface area contributed by atoms with Crippen LogP contribution in [0.15, 0.2) is 24.3 Å². The third-order valence-corrected chi connectivity index (χ3v) is 3.01. The lowest BCUT2D eigenvalue weighted by Crippen LogP contribution is -2.37. The SMILES string of the molecule is O=CNC(Cc1cccc(C2CC2)c1)C(=O)O. The Morgan fingerprint density at radius 1 is 1.53 bits per heavy atom. The lowest BCUT2D eigenvalue weighted by atomic mass is 10.0. The monoisotopic (exact) mass is 233 g/mol. The molecule has 4 nitrogen and oxygen atoms in total. The van der Waals surface area contributed by atoms with E-state index in [9.17, 15) is 9.59 Å². The van der Waals surface area contributed by atoms with Gasteiger partial charge in [-0.05, 0) is 29.9 Å². The Morgan fingerprint density at radius 3 is 2.88 bits per heavy atom. The lowest BCUT2D eigenvalue weighted by Gasteiger charge is -2.11. The van der Waals surface area contributed by atoms with E-state index in [2.05, 4.69) is 11.4 Å². The summed E-state index contributed by atoms with van der Waals surface area (Å²) in [5, 5.41) is 11.2. The molecule has 1 saturated carbocycles. The van der Waals surface area contributed by atoms with Gasteiger partial charge in [0.2, 0.25) is 6.41 Å². The van der Waals surface area contributed by atoms with Crippen LogP contribution in [0.2, 0.25) is 0 Å². The summed E-state index contributed by atoms with van der Waals surface area (Å²) in [4.78, 5) is 21.2. The average Bonchev–Trinajstić information content (AvgIpc) is 3.12. The molecule has 0 bridgehead atoms. The Bertz CT molecular complexity index is 426. The summed E-state index contributed by atoms with van der Waals surface area (Å²) in [7, 11) is 0. The van der Waals surface area contributed by atoms with Crippen molar-refractivity contribution in [3.8, 4) is 0 Å². The quantitative estimate of drug-likeness (QED) is 0.728. The van der Waals surface area contributed by atoms with Crippen molar-refractivity contribution >= 4 is 12.4 Å². The number of carbonyl (C=O) groups is 2. The minimum atomic E-state index is -1.01. The van der Waals surface area contributed by atoms with Gasteiger partial charge < -0.3 is 10.4 Å². The first-order valence-electron chi connectivity index (χ1n) is 5.72. The molecular formula is C13H15NO3. The van der Waals surface area contributed by atoms with Crippen molar-refractivity contribution in [3.63, 3.8) is 0 Å². The van der Waals surface area contributed by atoms with Crippen molar-refractivity contribution in [1.29, 1.82) is 0 Å². The fourth-order valence-corrected chi connectivity index (χ4v) is 1.93. The molecule has 0 saturated heterocycles. The van der Waals surface area contributed by atoms with Crippen molar-refractivity contribution in [2.75, 3.05) is 0 Å². The molecule has 0 aliphatic heterocycles. The van der Waals surface area contributed by atoms with Crippen molar-refractivity contribution in [3.05, 3.63) is 35.4 Å². The smallest absolute Gasteiger partial charge is 0.326 e. The molecule has 17 heavy (non-hydrogen) atoms. The van der Waals surface area contributed by atoms with Crippen molar-refractivity contribution < 1.29 is 14.7 Å². The fraction of sp³-hybridized carbons (Fsp3) is 0.385. The summed E-state index contributed by atoms with van der Waals surface area (Å²) in [6.07, 6.45) is 3.20. The van der Waals surface area contributed by atoms with Gasteiger partial charge in [-0.3, -0.25) is 4.79 Å². The van der Waals surface area contributed by atoms with E-state index in [0.29, 0.717) is 18.7 Å². The van der Waals surface area contributed by atoms with E-state index >= 15 is 0 Å². The van der Waals surface area contributed by atoms with Crippen molar-refractivity contribution in [1.82, 2.24) is 5.32 Å². The van der Waals surface area contributed by atoms with Gasteiger partial charge >= 0.3 is 5.97 Å². The molecule has 90 valence electrons. The number of carbonyl (C=O) groups excluding carboxylic acids is 1. The molecule has 1 aromatic rings. The van der Waals surface area contributed by atoms with Crippen LogP contribution < -0.4 is 5.32 Å². The molecule has 0 spiro atoms. The largest absolute Gasteiger partial charge is 0.480 e. The highest BCUT2D eigenvalue weighted by molar-refractivity contribution is 5.76. The van der Waals surface area contributed by atoms with E-state index in [0.717, 1.165) is 5.56 Å². The maximum atomic E-state index is 10.9. The first-order valence-corrected chi connectivity index (χ1v) is 5.72. The van der Waals surface area contributed by atoms with Crippen LogP contribution in [0.1, 0.15) is 29.9 Å². The van der Waals surface area contributed by atoms with Gasteiger partial charge in [-0.1, -0.05) is 24.3 Å². The third kappa shape index (κ3) is 3.06. The van der Waals surface area contributed by atoms with E-state index in [4.69, 9.17) is 5.11 Å². The molecule has 0 radical (unpaired) electrons. The molecule has 1 aliphatic carbocycles. The van der Waals surface area contributed by atoms with E-state index in [1.165, 1.54) is 18.4 Å². The first-order chi connectivity index (χ1) is 8.20. The van der Waals surface area contributed by atoms with Crippen molar-refractivity contribution in [2.45, 2.75) is 31.2 Å². The first kappa shape index (κ1) is 11.6. The zero-order valence-corrected chi connectivity index (χ0v) is 9.43. The molecule has 1 unspecified atom stereocenters. The van der Waals surface area contributed by atoms with Gasteiger partial charge in [0.1, 0.15) is 6.04 Å². The lowest BCUT2D eigenvalue weighted by molar-refractivity contribution is -0.140. The minimum Gasteiger partial charge on any atom is -0.480 e. The number of benzene rings is 1. The number of carboxylic acid groups (broad SMARTS) is 1. The summed E-state index contributed by atoms with van der Waals surface area (Å²) in [5.41, 5.74) is 2.23. The topological polar surface area (TPSA) is 66.4 Å². The molecule has 0 heterocycles. The van der Waals surface area contributed by atoms with Gasteiger partial charge in [-0.2, -0.15) is 0 Å². The Labute approximate surface area is 99.6 Å². The van der Waals surface area contributed by atoms with Crippen LogP contribution in [0.25, 0.3) is 0 Å². The van der Waals surface area contributed by atoms with Crippen LogP contribution in [0.4, 0.5) is 0 Å². The van der Waals surface area contributed by atoms with Crippen LogP contribution in [-0.2, 0) is 16.0 Å². The maximum absolute atomic E-state index is 10.9. The van der Waals surface area contributed by atoms with E-state index in [1.807, 2.05) is 18.2 Å². The Hall–Kier alpha value is -1.84. The second-order valence-electron chi connectivity index (χ2n) is 4.40. The highest BCUT2D eigenvalue weighted by Crippen LogP contribution is 2.40. The predicted molar refractivity (Wildman–Crippen MR) is 62.7 cm³/mol. The van der Waals surface area contributed by atoms with E-state index < -0.39 is 12.0 Å². The Morgan fingerprint density at radius 2 is 2.29 bits per heavy atom. The number of hydrogen-bond donors (Lipinski definition) is 2. The van der Waals surface area contributed by atoms with Crippen LogP contribution in [-0.4, -0.2) is 23.5 Å². The Kier molecular flexibility index (Phi) is 3.42. The zero-order valence-electron chi connectivity index (χ0n) is 9.43. The normalized spacial score (nSPS) is 16.2. The number of rotatable bonds is 6. The number of nitrogens with one attached hydrogen (secondary N) is 1. The molecule has 2 N–H and O–H groups in total. The standard InChI is InChI=1S/C13H15NO3/c15-8-14-12(13(16)17)7-9-2-1-3-11(6-9)10-4-5-10/h1-3,6,8,10,12H,4-5,7H2,(H,14,15)(H,16,17). The second kappa shape index (κ2) is 4.99. The average molecular weight is 233 g/mol. The van der Waals surface area contributed by atoms with Gasteiger partial charge in [-0.15, -0.1) is 0 Å². The summed E-state index contributed by atoms with van der Waals surface area (Å²) in [6, 6.07) is 7.11. The number of amides is 1. The van der Waals surface area contributed by atoms with Gasteiger partial charge in [0.05, 0.1) is 0 Å². The summed E-state index contributed by atoms with van der Waals surface area (Å²) in [6.45, 7) is 0. The third-order valence-electron chi connectivity index (χ3n) is 3.01. The van der Waals surface area contributed by atoms with E-state index in [-0.39, 0.29) is 0 Å². The summed E-state index contributed by atoms with van der Waals surface area (Å²) in [5.74, 6) is -0.355. The minimum absolute atomic E-state index is 0.328. The molecule has 1 aliphatic rings. The summed E-state index contributed by atoms with van der Waals surface area (Å²) < 4.78 is 0. The van der Waals surface area contributed by atoms with Gasteiger partial charge in [0, 0.05) is 6.42 Å². The van der Waals surface area contributed by atoms with Crippen LogP contribution in [0, 0.1) is 0 Å². The molecule has 1 atom stereocenters.